The summed E-state index contributed by atoms with van der Waals surface area (Å²) in [4.78, 5) is 12.6. The van der Waals surface area contributed by atoms with E-state index in [9.17, 15) is 4.79 Å². The van der Waals surface area contributed by atoms with Gasteiger partial charge in [0.15, 0.2) is 0 Å². The van der Waals surface area contributed by atoms with Gasteiger partial charge in [0.05, 0.1) is 17.7 Å². The molecule has 0 heterocycles. The van der Waals surface area contributed by atoms with E-state index in [1.54, 1.807) is 6.07 Å². The first-order chi connectivity index (χ1) is 10.9. The number of ether oxygens (including phenoxy) is 1. The van der Waals surface area contributed by atoms with Crippen LogP contribution in [0, 0.1) is 13.8 Å². The van der Waals surface area contributed by atoms with Gasteiger partial charge < -0.3 is 10.1 Å². The Morgan fingerprint density at radius 3 is 2.35 bits per heavy atom. The van der Waals surface area contributed by atoms with Gasteiger partial charge in [-0.05, 0) is 63.4 Å². The van der Waals surface area contributed by atoms with Gasteiger partial charge in [0, 0.05) is 0 Å². The van der Waals surface area contributed by atoms with Crippen LogP contribution in [0.3, 0.4) is 0 Å². The fourth-order valence-electron chi connectivity index (χ4n) is 2.40. The third-order valence-electron chi connectivity index (χ3n) is 3.87. The minimum Gasteiger partial charge on any atom is -0.490 e. The first-order valence-corrected chi connectivity index (χ1v) is 8.02. The number of amides is 1. The van der Waals surface area contributed by atoms with Crippen LogP contribution < -0.4 is 10.1 Å². The van der Waals surface area contributed by atoms with Crippen LogP contribution in [0.2, 0.25) is 0 Å². The highest BCUT2D eigenvalue weighted by Crippen LogP contribution is 2.22. The van der Waals surface area contributed by atoms with Crippen LogP contribution in [0.25, 0.3) is 0 Å². The van der Waals surface area contributed by atoms with Crippen LogP contribution in [0.5, 0.6) is 5.75 Å². The van der Waals surface area contributed by atoms with Crippen molar-refractivity contribution in [2.24, 2.45) is 0 Å². The Labute approximate surface area is 138 Å². The molecular weight excluding hydrogens is 286 g/mol. The van der Waals surface area contributed by atoms with Crippen molar-refractivity contribution >= 4 is 5.91 Å². The van der Waals surface area contributed by atoms with Crippen LogP contribution in [-0.4, -0.2) is 12.0 Å². The Morgan fingerprint density at radius 1 is 1.00 bits per heavy atom. The molecule has 2 aromatic carbocycles. The van der Waals surface area contributed by atoms with Gasteiger partial charge in [-0.1, -0.05) is 30.3 Å². The van der Waals surface area contributed by atoms with Crippen LogP contribution in [0.1, 0.15) is 53.9 Å². The number of aryl methyl sites for hydroxylation is 2. The van der Waals surface area contributed by atoms with Gasteiger partial charge in [0.25, 0.3) is 5.91 Å². The second kappa shape index (κ2) is 7.32. The molecule has 0 fully saturated rings. The molecule has 3 nitrogen and oxygen atoms in total. The summed E-state index contributed by atoms with van der Waals surface area (Å²) in [7, 11) is 0. The van der Waals surface area contributed by atoms with Gasteiger partial charge >= 0.3 is 0 Å². The zero-order valence-corrected chi connectivity index (χ0v) is 14.5. The van der Waals surface area contributed by atoms with E-state index >= 15 is 0 Å². The standard InChI is InChI=1S/C20H25NO2/c1-13(2)23-19-9-7-6-8-18(19)20(22)21-16(5)17-11-10-14(3)15(4)12-17/h6-13,16H,1-5H3,(H,21,22)/t16-/m1/s1. The van der Waals surface area contributed by atoms with E-state index in [0.29, 0.717) is 11.3 Å². The van der Waals surface area contributed by atoms with E-state index in [2.05, 4.69) is 37.4 Å². The summed E-state index contributed by atoms with van der Waals surface area (Å²) in [5.74, 6) is 0.499. The fourth-order valence-corrected chi connectivity index (χ4v) is 2.40. The SMILES string of the molecule is Cc1ccc([C@@H](C)NC(=O)c2ccccc2OC(C)C)cc1C. The molecule has 122 valence electrons. The van der Waals surface area contributed by atoms with Crippen molar-refractivity contribution in [3.8, 4) is 5.75 Å². The summed E-state index contributed by atoms with van der Waals surface area (Å²) in [6.07, 6.45) is 0.0288. The molecule has 0 radical (unpaired) electrons. The zero-order valence-electron chi connectivity index (χ0n) is 14.5. The van der Waals surface area contributed by atoms with Crippen LogP contribution in [-0.2, 0) is 0 Å². The Morgan fingerprint density at radius 2 is 1.70 bits per heavy atom. The molecule has 2 aromatic rings. The molecule has 0 saturated heterocycles. The number of benzene rings is 2. The van der Waals surface area contributed by atoms with E-state index in [1.165, 1.54) is 11.1 Å². The van der Waals surface area contributed by atoms with Gasteiger partial charge in [-0.2, -0.15) is 0 Å². The van der Waals surface area contributed by atoms with Crippen molar-refractivity contribution in [1.29, 1.82) is 0 Å². The van der Waals surface area contributed by atoms with Crippen molar-refractivity contribution < 1.29 is 9.53 Å². The lowest BCUT2D eigenvalue weighted by Gasteiger charge is -2.18. The molecule has 1 atom stereocenters. The van der Waals surface area contributed by atoms with E-state index in [1.807, 2.05) is 39.0 Å². The average molecular weight is 311 g/mol. The van der Waals surface area contributed by atoms with Crippen molar-refractivity contribution in [1.82, 2.24) is 5.32 Å². The van der Waals surface area contributed by atoms with Crippen molar-refractivity contribution in [2.45, 2.75) is 46.8 Å². The molecule has 1 amide bonds. The minimum atomic E-state index is -0.119. The first-order valence-electron chi connectivity index (χ1n) is 8.02. The number of carbonyl (C=O) groups excluding carboxylic acids is 1. The minimum absolute atomic E-state index is 0.0288. The molecule has 0 spiro atoms. The van der Waals surface area contributed by atoms with Gasteiger partial charge in [-0.15, -0.1) is 0 Å². The maximum absolute atomic E-state index is 12.6. The molecule has 1 N–H and O–H groups in total. The fraction of sp³-hybridized carbons (Fsp3) is 0.350. The maximum Gasteiger partial charge on any atom is 0.255 e. The highest BCUT2D eigenvalue weighted by atomic mass is 16.5. The molecule has 0 aliphatic carbocycles. The normalized spacial score (nSPS) is 12.1. The molecule has 2 rings (SSSR count). The molecule has 0 saturated carbocycles. The Bertz CT molecular complexity index is 692. The summed E-state index contributed by atoms with van der Waals surface area (Å²) in [5.41, 5.74) is 4.15. The highest BCUT2D eigenvalue weighted by Gasteiger charge is 2.16. The number of hydrogen-bond acceptors (Lipinski definition) is 2. The third-order valence-corrected chi connectivity index (χ3v) is 3.87. The monoisotopic (exact) mass is 311 g/mol. The summed E-state index contributed by atoms with van der Waals surface area (Å²) in [5, 5.41) is 3.05. The Hall–Kier alpha value is -2.29. The smallest absolute Gasteiger partial charge is 0.255 e. The number of carbonyl (C=O) groups is 1. The van der Waals surface area contributed by atoms with Gasteiger partial charge in [0.2, 0.25) is 0 Å². The molecular formula is C20H25NO2. The summed E-state index contributed by atoms with van der Waals surface area (Å²) < 4.78 is 5.73. The second-order valence-corrected chi connectivity index (χ2v) is 6.20. The lowest BCUT2D eigenvalue weighted by Crippen LogP contribution is -2.27. The van der Waals surface area contributed by atoms with E-state index in [0.717, 1.165) is 5.56 Å². The predicted octanol–water partition coefficient (Wildman–Crippen LogP) is 4.58. The van der Waals surface area contributed by atoms with Crippen LogP contribution in [0.15, 0.2) is 42.5 Å². The van der Waals surface area contributed by atoms with Gasteiger partial charge in [-0.3, -0.25) is 4.79 Å². The van der Waals surface area contributed by atoms with Crippen molar-refractivity contribution in [3.05, 3.63) is 64.7 Å². The number of hydrogen-bond donors (Lipinski definition) is 1. The van der Waals surface area contributed by atoms with Crippen LogP contribution >= 0.6 is 0 Å². The molecule has 0 bridgehead atoms. The van der Waals surface area contributed by atoms with Crippen molar-refractivity contribution in [2.75, 3.05) is 0 Å². The number of rotatable bonds is 5. The average Bonchev–Trinajstić information content (AvgIpc) is 2.49. The molecule has 23 heavy (non-hydrogen) atoms. The van der Waals surface area contributed by atoms with Crippen LogP contribution in [0.4, 0.5) is 0 Å². The topological polar surface area (TPSA) is 38.3 Å². The Kier molecular flexibility index (Phi) is 5.43. The maximum atomic E-state index is 12.6. The quantitative estimate of drug-likeness (QED) is 0.877. The van der Waals surface area contributed by atoms with E-state index < -0.39 is 0 Å². The number of para-hydroxylation sites is 1. The Balaban J connectivity index is 2.16. The molecule has 0 aliphatic heterocycles. The second-order valence-electron chi connectivity index (χ2n) is 6.20. The summed E-state index contributed by atoms with van der Waals surface area (Å²) in [6, 6.07) is 13.6. The van der Waals surface area contributed by atoms with E-state index in [-0.39, 0.29) is 18.1 Å². The summed E-state index contributed by atoms with van der Waals surface area (Å²) in [6.45, 7) is 10.1. The highest BCUT2D eigenvalue weighted by molar-refractivity contribution is 5.97. The van der Waals surface area contributed by atoms with Gasteiger partial charge in [0.1, 0.15) is 5.75 Å². The molecule has 0 aromatic heterocycles. The van der Waals surface area contributed by atoms with E-state index in [4.69, 9.17) is 4.74 Å². The largest absolute Gasteiger partial charge is 0.490 e. The molecule has 3 heteroatoms. The zero-order chi connectivity index (χ0) is 17.0. The van der Waals surface area contributed by atoms with Crippen molar-refractivity contribution in [3.63, 3.8) is 0 Å². The summed E-state index contributed by atoms with van der Waals surface area (Å²) >= 11 is 0. The molecule has 0 unspecified atom stereocenters. The number of nitrogens with one attached hydrogen (secondary N) is 1. The third kappa shape index (κ3) is 4.35. The predicted molar refractivity (Wildman–Crippen MR) is 94.0 cm³/mol. The first kappa shape index (κ1) is 17.1. The molecule has 0 aliphatic rings. The lowest BCUT2D eigenvalue weighted by atomic mass is 10.0. The lowest BCUT2D eigenvalue weighted by molar-refractivity contribution is 0.0934. The van der Waals surface area contributed by atoms with Gasteiger partial charge in [-0.25, -0.2) is 0 Å².